The van der Waals surface area contributed by atoms with Crippen molar-refractivity contribution in [2.75, 3.05) is 19.7 Å². The number of alkyl carbamates (subject to hydrolysis) is 1. The molecule has 0 radical (unpaired) electrons. The number of fused-ring (bicyclic) bond motifs is 2. The first kappa shape index (κ1) is 29.8. The van der Waals surface area contributed by atoms with Crippen molar-refractivity contribution in [1.29, 1.82) is 5.41 Å². The Morgan fingerprint density at radius 3 is 2.35 bits per heavy atom. The summed E-state index contributed by atoms with van der Waals surface area (Å²) in [5.41, 5.74) is -0.589. The molecule has 0 aromatic rings. The molecule has 7 heteroatoms. The van der Waals surface area contributed by atoms with E-state index in [2.05, 4.69) is 10.2 Å². The highest BCUT2D eigenvalue weighted by Gasteiger charge is 2.51. The van der Waals surface area contributed by atoms with Crippen molar-refractivity contribution in [3.8, 4) is 0 Å². The van der Waals surface area contributed by atoms with Gasteiger partial charge in [0.25, 0.3) is 0 Å². The Morgan fingerprint density at radius 1 is 0.900 bits per heavy atom. The summed E-state index contributed by atoms with van der Waals surface area (Å²) in [7, 11) is 0. The Balaban J connectivity index is 1.31. The van der Waals surface area contributed by atoms with Gasteiger partial charge in [0.2, 0.25) is 5.91 Å². The first-order chi connectivity index (χ1) is 19.1. The number of rotatable bonds is 5. The summed E-state index contributed by atoms with van der Waals surface area (Å²) in [5, 5.41) is 21.1. The van der Waals surface area contributed by atoms with Crippen LogP contribution in [0.5, 0.6) is 0 Å². The molecule has 7 nitrogen and oxygen atoms in total. The quantitative estimate of drug-likeness (QED) is 0.269. The van der Waals surface area contributed by atoms with Gasteiger partial charge in [-0.25, -0.2) is 4.79 Å². The summed E-state index contributed by atoms with van der Waals surface area (Å²) in [5.74, 6) is 4.95. The molecule has 3 N–H and O–H groups in total. The van der Waals surface area contributed by atoms with Crippen LogP contribution in [0.1, 0.15) is 111 Å². The number of hydrogen-bond acceptors (Lipinski definition) is 5. The minimum atomic E-state index is -0.589. The average molecular weight is 558 g/mol. The number of ether oxygens (including phenoxy) is 1. The number of carbonyl (C=O) groups excluding carboxylic acids is 2. The van der Waals surface area contributed by atoms with Gasteiger partial charge in [0.05, 0.1) is 0 Å². The van der Waals surface area contributed by atoms with Gasteiger partial charge in [-0.1, -0.05) is 38.5 Å². The first-order valence-electron chi connectivity index (χ1n) is 16.6. The lowest BCUT2D eigenvalue weighted by atomic mass is 9.61. The van der Waals surface area contributed by atoms with E-state index in [0.717, 1.165) is 69.4 Å². The fourth-order valence-electron chi connectivity index (χ4n) is 9.57. The van der Waals surface area contributed by atoms with Gasteiger partial charge >= 0.3 is 6.09 Å². The fraction of sp³-hybridized carbons (Fsp3) is 0.909. The molecule has 1 aliphatic heterocycles. The highest BCUT2D eigenvalue weighted by molar-refractivity contribution is 5.95. The number of aliphatic hydroxyl groups is 1. The van der Waals surface area contributed by atoms with Crippen LogP contribution in [0.25, 0.3) is 0 Å². The van der Waals surface area contributed by atoms with Crippen LogP contribution in [-0.4, -0.2) is 53.1 Å². The largest absolute Gasteiger partial charge is 0.444 e. The maximum Gasteiger partial charge on any atom is 0.413 e. The predicted molar refractivity (Wildman–Crippen MR) is 157 cm³/mol. The highest BCUT2D eigenvalue weighted by atomic mass is 16.6. The first-order valence-corrected chi connectivity index (χ1v) is 16.6. The number of amides is 2. The van der Waals surface area contributed by atoms with Crippen LogP contribution in [-0.2, 0) is 9.53 Å². The van der Waals surface area contributed by atoms with Gasteiger partial charge in [0, 0.05) is 31.5 Å². The fourth-order valence-corrected chi connectivity index (χ4v) is 9.57. The molecule has 8 atom stereocenters. The smallest absolute Gasteiger partial charge is 0.413 e. The molecule has 5 aliphatic rings. The Kier molecular flexibility index (Phi) is 9.48. The number of likely N-dealkylation sites (tertiary alicyclic amines) is 1. The molecule has 0 spiro atoms. The third kappa shape index (κ3) is 6.87. The Morgan fingerprint density at radius 2 is 1.62 bits per heavy atom. The molecule has 4 aliphatic carbocycles. The van der Waals surface area contributed by atoms with Crippen LogP contribution in [0.4, 0.5) is 4.79 Å². The molecule has 0 aromatic carbocycles. The van der Waals surface area contributed by atoms with Gasteiger partial charge in [0.1, 0.15) is 11.4 Å². The van der Waals surface area contributed by atoms with E-state index >= 15 is 0 Å². The van der Waals surface area contributed by atoms with Crippen molar-refractivity contribution in [2.24, 2.45) is 53.3 Å². The van der Waals surface area contributed by atoms with E-state index in [1.807, 2.05) is 20.8 Å². The van der Waals surface area contributed by atoms with E-state index in [-0.39, 0.29) is 24.3 Å². The third-order valence-electron chi connectivity index (χ3n) is 11.5. The van der Waals surface area contributed by atoms with Crippen LogP contribution >= 0.6 is 0 Å². The molecule has 0 bridgehead atoms. The van der Waals surface area contributed by atoms with Crippen molar-refractivity contribution in [3.63, 3.8) is 0 Å². The van der Waals surface area contributed by atoms with E-state index in [1.54, 1.807) is 0 Å². The van der Waals surface area contributed by atoms with E-state index in [1.165, 1.54) is 51.4 Å². The van der Waals surface area contributed by atoms with Crippen LogP contribution < -0.4 is 5.32 Å². The molecule has 1 saturated heterocycles. The topological polar surface area (TPSA) is 103 Å². The maximum absolute atomic E-state index is 14.1. The Bertz CT molecular complexity index is 906. The second-order valence-electron chi connectivity index (χ2n) is 15.1. The number of nitrogens with one attached hydrogen (secondary N) is 2. The van der Waals surface area contributed by atoms with Crippen LogP contribution in [0.15, 0.2) is 0 Å². The maximum atomic E-state index is 14.1. The van der Waals surface area contributed by atoms with Crippen molar-refractivity contribution < 1.29 is 19.4 Å². The second-order valence-corrected chi connectivity index (χ2v) is 15.1. The molecular weight excluding hydrogens is 502 g/mol. The van der Waals surface area contributed by atoms with E-state index in [9.17, 15) is 14.7 Å². The van der Waals surface area contributed by atoms with Crippen LogP contribution in [0.3, 0.4) is 0 Å². The molecule has 5 fully saturated rings. The minimum Gasteiger partial charge on any atom is -0.444 e. The molecule has 0 aromatic heterocycles. The molecule has 40 heavy (non-hydrogen) atoms. The Labute approximate surface area is 242 Å². The van der Waals surface area contributed by atoms with Gasteiger partial charge in [-0.05, 0) is 114 Å². The van der Waals surface area contributed by atoms with Crippen molar-refractivity contribution in [2.45, 2.75) is 116 Å². The van der Waals surface area contributed by atoms with Crippen LogP contribution in [0.2, 0.25) is 0 Å². The number of amidine groups is 1. The van der Waals surface area contributed by atoms with Gasteiger partial charge in [-0.3, -0.25) is 15.5 Å². The number of aliphatic hydroxyl groups excluding tert-OH is 1. The lowest BCUT2D eigenvalue weighted by Crippen LogP contribution is -2.44. The molecule has 8 unspecified atom stereocenters. The van der Waals surface area contributed by atoms with Crippen molar-refractivity contribution >= 4 is 17.8 Å². The molecule has 2 amide bonds. The molecule has 4 saturated carbocycles. The summed E-state index contributed by atoms with van der Waals surface area (Å²) >= 11 is 0. The van der Waals surface area contributed by atoms with E-state index in [0.29, 0.717) is 29.6 Å². The zero-order valence-electron chi connectivity index (χ0n) is 25.3. The normalized spacial score (nSPS) is 36.9. The molecular formula is C33H55N3O4. The summed E-state index contributed by atoms with van der Waals surface area (Å²) in [6, 6.07) is 0. The van der Waals surface area contributed by atoms with E-state index in [4.69, 9.17) is 10.1 Å². The lowest BCUT2D eigenvalue weighted by molar-refractivity contribution is -0.139. The van der Waals surface area contributed by atoms with Gasteiger partial charge in [-0.15, -0.1) is 0 Å². The predicted octanol–water partition coefficient (Wildman–Crippen LogP) is 6.38. The number of piperidine rings is 1. The second kappa shape index (κ2) is 12.7. The highest BCUT2D eigenvalue weighted by Crippen LogP contribution is 2.56. The van der Waals surface area contributed by atoms with Gasteiger partial charge < -0.3 is 14.7 Å². The number of nitrogens with zero attached hydrogens (tertiary/aromatic N) is 1. The summed E-state index contributed by atoms with van der Waals surface area (Å²) in [6.07, 6.45) is 15.9. The summed E-state index contributed by atoms with van der Waals surface area (Å²) in [4.78, 5) is 28.7. The SMILES string of the molecule is CC(C)(C)OC(=O)NC(=N)C1CCC2CC(C(=O)N3CCC(CO)CC3)C(CC3CCCC4CCCCC43)C2C1. The average Bonchev–Trinajstić information content (AvgIpc) is 3.29. The van der Waals surface area contributed by atoms with Gasteiger partial charge in [-0.2, -0.15) is 0 Å². The zero-order valence-corrected chi connectivity index (χ0v) is 25.3. The van der Waals surface area contributed by atoms with Crippen molar-refractivity contribution in [1.82, 2.24) is 10.2 Å². The van der Waals surface area contributed by atoms with Gasteiger partial charge in [0.15, 0.2) is 0 Å². The molecule has 226 valence electrons. The van der Waals surface area contributed by atoms with Crippen LogP contribution in [0, 0.1) is 58.7 Å². The molecule has 5 rings (SSSR count). The lowest BCUT2D eigenvalue weighted by Gasteiger charge is -2.44. The van der Waals surface area contributed by atoms with Crippen molar-refractivity contribution in [3.05, 3.63) is 0 Å². The number of carbonyl (C=O) groups is 2. The minimum absolute atomic E-state index is 0.0270. The third-order valence-corrected chi connectivity index (χ3v) is 11.5. The Hall–Kier alpha value is -1.63. The van der Waals surface area contributed by atoms with E-state index < -0.39 is 11.7 Å². The monoisotopic (exact) mass is 557 g/mol. The summed E-state index contributed by atoms with van der Waals surface area (Å²) in [6.45, 7) is 7.32. The summed E-state index contributed by atoms with van der Waals surface area (Å²) < 4.78 is 5.43. The number of hydrogen-bond donors (Lipinski definition) is 3. The molecule has 1 heterocycles. The zero-order chi connectivity index (χ0) is 28.4. The standard InChI is InChI=1S/C33H55N3O4/c1-33(2,3)40-32(39)35-30(34)25-12-11-24-18-29(31(38)36-15-13-21(20-37)14-16-36)28(27(24)19-25)17-23-9-6-8-22-7-4-5-10-26(22)23/h21-29,37H,4-20H2,1-3H3,(H2,34,35,39).